The second-order valence-corrected chi connectivity index (χ2v) is 8.89. The first-order valence-electron chi connectivity index (χ1n) is 10.9. The highest BCUT2D eigenvalue weighted by Crippen LogP contribution is 2.51. The second-order valence-electron chi connectivity index (χ2n) is 8.89. The number of rotatable bonds is 3. The zero-order valence-corrected chi connectivity index (χ0v) is 18.8. The van der Waals surface area contributed by atoms with E-state index in [1.807, 2.05) is 72.6 Å². The van der Waals surface area contributed by atoms with Crippen LogP contribution in [0.5, 0.6) is 0 Å². The van der Waals surface area contributed by atoms with Gasteiger partial charge >= 0.3 is 0 Å². The van der Waals surface area contributed by atoms with E-state index in [0.717, 1.165) is 16.9 Å². The van der Waals surface area contributed by atoms with Crippen molar-refractivity contribution in [2.75, 3.05) is 11.9 Å². The topological polar surface area (TPSA) is 54.5 Å². The van der Waals surface area contributed by atoms with E-state index in [1.54, 1.807) is 24.3 Å². The molecule has 0 fully saturated rings. The summed E-state index contributed by atoms with van der Waals surface area (Å²) in [4.78, 5) is 42.5. The van der Waals surface area contributed by atoms with E-state index in [2.05, 4.69) is 13.8 Å². The molecule has 3 aromatic carbocycles. The molecule has 3 aromatic rings. The van der Waals surface area contributed by atoms with Gasteiger partial charge in [0.2, 0.25) is 11.6 Å². The molecule has 0 saturated heterocycles. The normalized spacial score (nSPS) is 19.3. The highest BCUT2D eigenvalue weighted by Gasteiger charge is 2.48. The van der Waals surface area contributed by atoms with E-state index in [9.17, 15) is 14.4 Å². The minimum absolute atomic E-state index is 0.0555. The van der Waals surface area contributed by atoms with Crippen LogP contribution in [0.3, 0.4) is 0 Å². The first-order valence-corrected chi connectivity index (χ1v) is 10.9. The standard InChI is InChI=1S/C29H23NO3/c1-29(2)20-16-10-11-17-21(20)30(3)28(29)24-22(18-12-6-4-7-13-18)23(26(32)27(24)33)25(31)19-14-8-5-9-15-19/h4-17H,1-3H3/b28-24+. The Morgan fingerprint density at radius 2 is 1.30 bits per heavy atom. The van der Waals surface area contributed by atoms with Gasteiger partial charge in [-0.2, -0.15) is 0 Å². The van der Waals surface area contributed by atoms with Crippen molar-refractivity contribution < 1.29 is 14.4 Å². The number of para-hydroxylation sites is 1. The molecule has 1 aliphatic heterocycles. The molecule has 162 valence electrons. The third-order valence-corrected chi connectivity index (χ3v) is 6.59. The van der Waals surface area contributed by atoms with Crippen LogP contribution in [0.4, 0.5) is 5.69 Å². The second kappa shape index (κ2) is 7.52. The van der Waals surface area contributed by atoms with Gasteiger partial charge in [-0.05, 0) is 17.2 Å². The molecule has 1 aliphatic carbocycles. The predicted octanol–water partition coefficient (Wildman–Crippen LogP) is 5.16. The van der Waals surface area contributed by atoms with Gasteiger partial charge in [0.1, 0.15) is 0 Å². The summed E-state index contributed by atoms with van der Waals surface area (Å²) in [5.41, 5.74) is 4.01. The van der Waals surface area contributed by atoms with Gasteiger partial charge in [0, 0.05) is 35.0 Å². The van der Waals surface area contributed by atoms with Crippen molar-refractivity contribution in [1.82, 2.24) is 0 Å². The number of nitrogens with zero attached hydrogens (tertiary/aromatic N) is 1. The number of Topliss-reactive ketones (excluding diaryl/α,β-unsaturated/α-hetero) is 3. The van der Waals surface area contributed by atoms with E-state index in [0.29, 0.717) is 22.3 Å². The Labute approximate surface area is 192 Å². The number of allylic oxidation sites excluding steroid dienone is 4. The maximum atomic E-state index is 13.6. The smallest absolute Gasteiger partial charge is 0.238 e. The molecule has 0 bridgehead atoms. The average molecular weight is 434 g/mol. The van der Waals surface area contributed by atoms with Crippen LogP contribution in [0.2, 0.25) is 0 Å². The van der Waals surface area contributed by atoms with E-state index in [1.165, 1.54) is 0 Å². The zero-order valence-electron chi connectivity index (χ0n) is 18.8. The van der Waals surface area contributed by atoms with Crippen molar-refractivity contribution in [2.45, 2.75) is 19.3 Å². The fourth-order valence-electron chi connectivity index (χ4n) is 5.09. The number of hydrogen-bond donors (Lipinski definition) is 0. The molecule has 0 unspecified atom stereocenters. The van der Waals surface area contributed by atoms with Gasteiger partial charge in [-0.15, -0.1) is 0 Å². The summed E-state index contributed by atoms with van der Waals surface area (Å²) in [6.07, 6.45) is 0. The van der Waals surface area contributed by atoms with Crippen LogP contribution in [-0.2, 0) is 15.0 Å². The van der Waals surface area contributed by atoms with Crippen molar-refractivity contribution >= 4 is 28.6 Å². The first-order chi connectivity index (χ1) is 15.8. The summed E-state index contributed by atoms with van der Waals surface area (Å²) >= 11 is 0. The van der Waals surface area contributed by atoms with Crippen LogP contribution in [0.1, 0.15) is 35.3 Å². The summed E-state index contributed by atoms with van der Waals surface area (Å²) in [6.45, 7) is 4.10. The highest BCUT2D eigenvalue weighted by atomic mass is 16.2. The Kier molecular flexibility index (Phi) is 4.75. The quantitative estimate of drug-likeness (QED) is 0.248. The minimum Gasteiger partial charge on any atom is -0.346 e. The number of carbonyl (C=O) groups excluding carboxylic acids is 3. The molecule has 2 aliphatic rings. The fraction of sp³-hybridized carbons (Fsp3) is 0.138. The molecule has 1 heterocycles. The summed E-state index contributed by atoms with van der Waals surface area (Å²) < 4.78 is 0. The van der Waals surface area contributed by atoms with Gasteiger partial charge in [0.05, 0.1) is 11.1 Å². The Bertz CT molecular complexity index is 1380. The molecule has 4 heteroatoms. The van der Waals surface area contributed by atoms with Crippen LogP contribution < -0.4 is 4.90 Å². The molecule has 0 atom stereocenters. The van der Waals surface area contributed by atoms with E-state index in [4.69, 9.17) is 0 Å². The third kappa shape index (κ3) is 3.02. The van der Waals surface area contributed by atoms with Crippen molar-refractivity contribution in [3.05, 3.63) is 118 Å². The Balaban J connectivity index is 1.85. The minimum atomic E-state index is -0.745. The van der Waals surface area contributed by atoms with Crippen molar-refractivity contribution in [1.29, 1.82) is 0 Å². The number of likely N-dealkylation sites (N-methyl/N-ethyl adjacent to an activating group) is 1. The van der Waals surface area contributed by atoms with Crippen LogP contribution in [0.25, 0.3) is 5.57 Å². The summed E-state index contributed by atoms with van der Waals surface area (Å²) in [5.74, 6) is -1.80. The van der Waals surface area contributed by atoms with Gasteiger partial charge in [-0.3, -0.25) is 14.4 Å². The van der Waals surface area contributed by atoms with Gasteiger partial charge in [-0.25, -0.2) is 0 Å². The molecule has 0 radical (unpaired) electrons. The van der Waals surface area contributed by atoms with Gasteiger partial charge < -0.3 is 4.90 Å². The lowest BCUT2D eigenvalue weighted by atomic mass is 9.80. The van der Waals surface area contributed by atoms with Crippen molar-refractivity contribution in [2.24, 2.45) is 0 Å². The fourth-order valence-corrected chi connectivity index (χ4v) is 5.09. The van der Waals surface area contributed by atoms with Crippen molar-refractivity contribution in [3.8, 4) is 0 Å². The maximum Gasteiger partial charge on any atom is 0.238 e. The van der Waals surface area contributed by atoms with Crippen LogP contribution in [0.15, 0.2) is 102 Å². The Morgan fingerprint density at radius 3 is 1.94 bits per heavy atom. The average Bonchev–Trinajstić information content (AvgIpc) is 3.21. The predicted molar refractivity (Wildman–Crippen MR) is 129 cm³/mol. The zero-order chi connectivity index (χ0) is 23.3. The Morgan fingerprint density at radius 1 is 0.727 bits per heavy atom. The summed E-state index contributed by atoms with van der Waals surface area (Å²) in [7, 11) is 1.91. The monoisotopic (exact) mass is 433 g/mol. The summed E-state index contributed by atoms with van der Waals surface area (Å²) in [6, 6.07) is 25.9. The van der Waals surface area contributed by atoms with E-state index >= 15 is 0 Å². The lowest BCUT2D eigenvalue weighted by Gasteiger charge is -2.27. The van der Waals surface area contributed by atoms with Crippen LogP contribution in [0, 0.1) is 0 Å². The number of hydrogen-bond acceptors (Lipinski definition) is 4. The number of fused-ring (bicyclic) bond motifs is 1. The SMILES string of the molecule is CN1/C(=C2/C(=O)C(=O)C(C(=O)c3ccccc3)=C2c2ccccc2)C(C)(C)c2ccccc21. The first kappa shape index (κ1) is 20.8. The molecule has 33 heavy (non-hydrogen) atoms. The molecule has 5 rings (SSSR count). The summed E-state index contributed by atoms with van der Waals surface area (Å²) in [5, 5.41) is 0. The largest absolute Gasteiger partial charge is 0.346 e. The number of benzene rings is 3. The van der Waals surface area contributed by atoms with Crippen molar-refractivity contribution in [3.63, 3.8) is 0 Å². The molecule has 0 spiro atoms. The van der Waals surface area contributed by atoms with Gasteiger partial charge in [0.25, 0.3) is 0 Å². The molecule has 0 saturated carbocycles. The molecule has 0 amide bonds. The molecular formula is C29H23NO3. The van der Waals surface area contributed by atoms with Gasteiger partial charge in [0.15, 0.2) is 5.78 Å². The third-order valence-electron chi connectivity index (χ3n) is 6.59. The van der Waals surface area contributed by atoms with E-state index < -0.39 is 22.8 Å². The highest BCUT2D eigenvalue weighted by molar-refractivity contribution is 6.64. The molecule has 0 N–H and O–H groups in total. The number of anilines is 1. The van der Waals surface area contributed by atoms with Gasteiger partial charge in [-0.1, -0.05) is 92.7 Å². The van der Waals surface area contributed by atoms with Crippen LogP contribution in [-0.4, -0.2) is 24.4 Å². The van der Waals surface area contributed by atoms with Crippen LogP contribution >= 0.6 is 0 Å². The molecule has 0 aromatic heterocycles. The lowest BCUT2D eigenvalue weighted by molar-refractivity contribution is -0.131. The number of ketones is 3. The lowest BCUT2D eigenvalue weighted by Crippen LogP contribution is -2.27. The molecular weight excluding hydrogens is 410 g/mol. The van der Waals surface area contributed by atoms with E-state index in [-0.39, 0.29) is 5.57 Å². The Hall–Kier alpha value is -4.05. The number of carbonyl (C=O) groups is 3. The maximum absolute atomic E-state index is 13.6. The molecule has 4 nitrogen and oxygen atoms in total.